The minimum atomic E-state index is -0.0163. The van der Waals surface area contributed by atoms with Gasteiger partial charge in [0.05, 0.1) is 0 Å². The zero-order valence-corrected chi connectivity index (χ0v) is 13.5. The molecule has 0 bridgehead atoms. The molecule has 0 aliphatic carbocycles. The summed E-state index contributed by atoms with van der Waals surface area (Å²) in [5.74, 6) is 1.76. The van der Waals surface area contributed by atoms with E-state index in [0.29, 0.717) is 0 Å². The average Bonchev–Trinajstić information content (AvgIpc) is 2.44. The molecule has 1 N–H and O–H groups in total. The first-order valence-corrected chi connectivity index (χ1v) is 8.06. The molecule has 1 aromatic carbocycles. The van der Waals surface area contributed by atoms with Crippen molar-refractivity contribution in [2.75, 3.05) is 27.3 Å². The van der Waals surface area contributed by atoms with Gasteiger partial charge < -0.3 is 0 Å². The van der Waals surface area contributed by atoms with E-state index in [1.165, 1.54) is 0 Å². The molecule has 0 aliphatic rings. The van der Waals surface area contributed by atoms with Crippen molar-refractivity contribution in [1.29, 1.82) is 0 Å². The van der Waals surface area contributed by atoms with Crippen molar-refractivity contribution in [2.45, 2.75) is 19.8 Å². The summed E-state index contributed by atoms with van der Waals surface area (Å²) >= 11 is -0.0163. The minimum absolute atomic E-state index is 0.0163. The van der Waals surface area contributed by atoms with Crippen LogP contribution in [-0.4, -0.2) is 42.3 Å². The van der Waals surface area contributed by atoms with Gasteiger partial charge in [-0.05, 0) is 0 Å². The monoisotopic (exact) mass is 327 g/mol. The molecule has 0 saturated carbocycles. The Labute approximate surface area is 122 Å². The molecule has 19 heavy (non-hydrogen) atoms. The number of ether oxygens (including phenoxy) is 2. The molecule has 104 valence electrons. The Morgan fingerprint density at radius 2 is 1.95 bits per heavy atom. The summed E-state index contributed by atoms with van der Waals surface area (Å²) in [6.07, 6.45) is 7.46. The zero-order chi connectivity index (χ0) is 14.1. The second kappa shape index (κ2) is 8.87. The topological polar surface area (TPSA) is 30.5 Å². The Morgan fingerprint density at radius 3 is 2.53 bits per heavy atom. The molecular weight excluding hydrogens is 305 g/mol. The summed E-state index contributed by atoms with van der Waals surface area (Å²) < 4.78 is 11.9. The molecule has 1 rings (SSSR count). The molecule has 0 fully saturated rings. The van der Waals surface area contributed by atoms with Crippen LogP contribution in [0.25, 0.3) is 0 Å². The molecule has 0 amide bonds. The van der Waals surface area contributed by atoms with E-state index in [0.717, 1.165) is 47.5 Å². The van der Waals surface area contributed by atoms with Gasteiger partial charge >= 0.3 is 122 Å². The maximum absolute atomic E-state index is 5.45. The Hall–Kier alpha value is -1.14. The number of nitrogens with one attached hydrogen (secondary N) is 1. The number of methoxy groups -OCH3 is 2. The first-order chi connectivity index (χ1) is 9.26. The Morgan fingerprint density at radius 1 is 1.21 bits per heavy atom. The summed E-state index contributed by atoms with van der Waals surface area (Å²) in [6.45, 7) is 4.14. The fraction of sp³-hybridized carbons (Fsp3) is 0.467. The number of terminal acetylenes is 1. The Balaban J connectivity index is 2.87. The van der Waals surface area contributed by atoms with Crippen molar-refractivity contribution in [3.63, 3.8) is 0 Å². The van der Waals surface area contributed by atoms with Crippen molar-refractivity contribution in [3.05, 3.63) is 17.7 Å². The van der Waals surface area contributed by atoms with Crippen LogP contribution in [0.1, 0.15) is 18.9 Å². The van der Waals surface area contributed by atoms with Crippen LogP contribution in [0.2, 0.25) is 0 Å². The predicted molar refractivity (Wildman–Crippen MR) is 80.6 cm³/mol. The van der Waals surface area contributed by atoms with Gasteiger partial charge in [0.15, 0.2) is 0 Å². The van der Waals surface area contributed by atoms with Crippen LogP contribution >= 0.6 is 0 Å². The van der Waals surface area contributed by atoms with E-state index in [4.69, 9.17) is 15.9 Å². The van der Waals surface area contributed by atoms with Crippen LogP contribution in [0.15, 0.2) is 12.1 Å². The van der Waals surface area contributed by atoms with E-state index in [2.05, 4.69) is 17.1 Å². The molecule has 4 heteroatoms. The van der Waals surface area contributed by atoms with Gasteiger partial charge in [0, 0.05) is 0 Å². The summed E-state index contributed by atoms with van der Waals surface area (Å²) in [5, 5.41) is 3.39. The van der Waals surface area contributed by atoms with Crippen LogP contribution in [-0.2, 0) is 6.42 Å². The molecule has 0 atom stereocenters. The van der Waals surface area contributed by atoms with Crippen molar-refractivity contribution in [2.24, 2.45) is 0 Å². The van der Waals surface area contributed by atoms with Gasteiger partial charge in [0.1, 0.15) is 0 Å². The first-order valence-electron chi connectivity index (χ1n) is 6.34. The molecule has 0 unspecified atom stereocenters. The molecule has 3 nitrogen and oxygen atoms in total. The van der Waals surface area contributed by atoms with E-state index in [9.17, 15) is 0 Å². The number of benzene rings is 1. The molecule has 0 aliphatic heterocycles. The van der Waals surface area contributed by atoms with Gasteiger partial charge in [-0.25, -0.2) is 0 Å². The third kappa shape index (κ3) is 4.80. The predicted octanol–water partition coefficient (Wildman–Crippen LogP) is 1.17. The van der Waals surface area contributed by atoms with E-state index >= 15 is 0 Å². The summed E-state index contributed by atoms with van der Waals surface area (Å²) in [4.78, 5) is 2.70. The summed E-state index contributed by atoms with van der Waals surface area (Å²) in [6, 6.07) is 4.05. The van der Waals surface area contributed by atoms with Gasteiger partial charge in [-0.15, -0.1) is 0 Å². The fourth-order valence-electron chi connectivity index (χ4n) is 1.80. The fourth-order valence-corrected chi connectivity index (χ4v) is 2.92. The normalized spacial score (nSPS) is 10.0. The van der Waals surface area contributed by atoms with Crippen LogP contribution < -0.4 is 19.3 Å². The van der Waals surface area contributed by atoms with Gasteiger partial charge in [0.25, 0.3) is 0 Å². The third-order valence-corrected chi connectivity index (χ3v) is 4.11. The second-order valence-electron chi connectivity index (χ2n) is 4.03. The molecule has 0 heterocycles. The third-order valence-electron chi connectivity index (χ3n) is 2.73. The second-order valence-corrected chi connectivity index (χ2v) is 5.88. The SMILES string of the molecule is C#C[Se]c1cc(OC)c(CCNCCC)cc1OC. The molecule has 1 aromatic rings. The standard InChI is InChI=1S/C15H21NO2Se/c1-5-8-16-9-7-12-10-14(18-4)15(19-6-2)11-13(12)17-3/h2,10-11,16H,5,7-9H2,1,3-4H3. The maximum atomic E-state index is 5.45. The van der Waals surface area contributed by atoms with E-state index in [-0.39, 0.29) is 15.0 Å². The van der Waals surface area contributed by atoms with Crippen molar-refractivity contribution >= 4 is 19.4 Å². The van der Waals surface area contributed by atoms with Crippen LogP contribution in [0, 0.1) is 11.2 Å². The molecule has 0 radical (unpaired) electrons. The van der Waals surface area contributed by atoms with Crippen LogP contribution in [0.3, 0.4) is 0 Å². The van der Waals surface area contributed by atoms with Crippen LogP contribution in [0.4, 0.5) is 0 Å². The molecule has 0 spiro atoms. The zero-order valence-electron chi connectivity index (χ0n) is 11.8. The van der Waals surface area contributed by atoms with Gasteiger partial charge in [-0.2, -0.15) is 0 Å². The molecule has 0 aromatic heterocycles. The molecular formula is C15H21NO2Se. The first kappa shape index (κ1) is 15.9. The quantitative estimate of drug-likeness (QED) is 0.442. The summed E-state index contributed by atoms with van der Waals surface area (Å²) in [5.41, 5.74) is 1.15. The molecule has 0 saturated heterocycles. The van der Waals surface area contributed by atoms with E-state index in [1.54, 1.807) is 14.2 Å². The van der Waals surface area contributed by atoms with Crippen LogP contribution in [0.5, 0.6) is 11.5 Å². The van der Waals surface area contributed by atoms with Crippen molar-refractivity contribution in [3.8, 4) is 22.7 Å². The Kier molecular flexibility index (Phi) is 7.43. The van der Waals surface area contributed by atoms with Crippen molar-refractivity contribution < 1.29 is 9.47 Å². The van der Waals surface area contributed by atoms with E-state index in [1.807, 2.05) is 12.1 Å². The van der Waals surface area contributed by atoms with Gasteiger partial charge in [0.2, 0.25) is 0 Å². The number of hydrogen-bond donors (Lipinski definition) is 1. The van der Waals surface area contributed by atoms with E-state index < -0.39 is 0 Å². The number of rotatable bonds is 8. The Bertz CT molecular complexity index is 441. The van der Waals surface area contributed by atoms with Gasteiger partial charge in [-0.1, -0.05) is 0 Å². The van der Waals surface area contributed by atoms with Gasteiger partial charge in [-0.3, -0.25) is 0 Å². The van der Waals surface area contributed by atoms with Crippen molar-refractivity contribution in [1.82, 2.24) is 5.32 Å². The summed E-state index contributed by atoms with van der Waals surface area (Å²) in [7, 11) is 3.37. The number of hydrogen-bond acceptors (Lipinski definition) is 3. The average molecular weight is 326 g/mol.